The number of nitrogens with one attached hydrogen (secondary N) is 1. The predicted octanol–water partition coefficient (Wildman–Crippen LogP) is 2.31. The molecule has 1 aliphatic heterocycles. The van der Waals surface area contributed by atoms with Crippen LogP contribution in [0.25, 0.3) is 0 Å². The lowest BCUT2D eigenvalue weighted by atomic mass is 10.1. The van der Waals surface area contributed by atoms with Crippen LogP contribution in [0.5, 0.6) is 11.5 Å². The van der Waals surface area contributed by atoms with Crippen molar-refractivity contribution in [1.29, 1.82) is 0 Å². The minimum atomic E-state index is 0.0221. The van der Waals surface area contributed by atoms with Gasteiger partial charge in [0.05, 0.1) is 0 Å². The summed E-state index contributed by atoms with van der Waals surface area (Å²) in [6.07, 6.45) is 4.34. The third kappa shape index (κ3) is 3.26. The molecule has 1 unspecified atom stereocenters. The molecule has 1 amide bonds. The van der Waals surface area contributed by atoms with Crippen molar-refractivity contribution in [2.75, 3.05) is 20.1 Å². The number of amides is 1. The molecule has 1 aromatic heterocycles. The lowest BCUT2D eigenvalue weighted by Gasteiger charge is -2.24. The molecule has 2 aromatic rings. The summed E-state index contributed by atoms with van der Waals surface area (Å²) >= 11 is 0. The second kappa shape index (κ2) is 6.58. The molecule has 114 valence electrons. The van der Waals surface area contributed by atoms with Crippen molar-refractivity contribution in [2.24, 2.45) is 0 Å². The summed E-state index contributed by atoms with van der Waals surface area (Å²) in [5, 5.41) is 3.28. The SMILES string of the molecule is CN(C(=O)c1cccc(Oc2ccncc2)c1)C1CCNC1. The summed E-state index contributed by atoms with van der Waals surface area (Å²) in [5.74, 6) is 1.37. The number of carbonyl (C=O) groups is 1. The van der Waals surface area contributed by atoms with Crippen LogP contribution in [0.15, 0.2) is 48.8 Å². The summed E-state index contributed by atoms with van der Waals surface area (Å²) < 4.78 is 5.75. The van der Waals surface area contributed by atoms with Gasteiger partial charge in [-0.3, -0.25) is 9.78 Å². The third-order valence-corrected chi connectivity index (χ3v) is 3.87. The Labute approximate surface area is 129 Å². The first-order chi connectivity index (χ1) is 10.7. The second-order valence-corrected chi connectivity index (χ2v) is 5.38. The Morgan fingerprint density at radius 2 is 2.09 bits per heavy atom. The van der Waals surface area contributed by atoms with Gasteiger partial charge >= 0.3 is 0 Å². The molecule has 0 saturated carbocycles. The van der Waals surface area contributed by atoms with Crippen molar-refractivity contribution < 1.29 is 9.53 Å². The summed E-state index contributed by atoms with van der Waals surface area (Å²) in [6, 6.07) is 11.1. The van der Waals surface area contributed by atoms with Gasteiger partial charge < -0.3 is 15.0 Å². The van der Waals surface area contributed by atoms with E-state index in [-0.39, 0.29) is 11.9 Å². The molecule has 1 aliphatic rings. The third-order valence-electron chi connectivity index (χ3n) is 3.87. The van der Waals surface area contributed by atoms with Crippen LogP contribution in [0.3, 0.4) is 0 Å². The van der Waals surface area contributed by atoms with Gasteiger partial charge in [-0.2, -0.15) is 0 Å². The van der Waals surface area contributed by atoms with E-state index in [0.29, 0.717) is 17.1 Å². The average molecular weight is 297 g/mol. The number of carbonyl (C=O) groups excluding carboxylic acids is 1. The van der Waals surface area contributed by atoms with E-state index in [2.05, 4.69) is 10.3 Å². The zero-order valence-corrected chi connectivity index (χ0v) is 12.5. The fourth-order valence-corrected chi connectivity index (χ4v) is 2.57. The normalized spacial score (nSPS) is 17.2. The quantitative estimate of drug-likeness (QED) is 0.941. The number of benzene rings is 1. The molecule has 0 spiro atoms. The van der Waals surface area contributed by atoms with E-state index in [0.717, 1.165) is 19.5 Å². The van der Waals surface area contributed by atoms with Crippen LogP contribution in [-0.4, -0.2) is 42.0 Å². The second-order valence-electron chi connectivity index (χ2n) is 5.38. The van der Waals surface area contributed by atoms with Crippen LogP contribution in [-0.2, 0) is 0 Å². The Hall–Kier alpha value is -2.40. The van der Waals surface area contributed by atoms with Gasteiger partial charge in [0, 0.05) is 37.6 Å². The van der Waals surface area contributed by atoms with Crippen molar-refractivity contribution >= 4 is 5.91 Å². The van der Waals surface area contributed by atoms with Crippen molar-refractivity contribution in [3.05, 3.63) is 54.4 Å². The molecule has 1 fully saturated rings. The van der Waals surface area contributed by atoms with Gasteiger partial charge in [0.15, 0.2) is 0 Å². The van der Waals surface area contributed by atoms with E-state index >= 15 is 0 Å². The molecule has 22 heavy (non-hydrogen) atoms. The molecule has 1 saturated heterocycles. The minimum absolute atomic E-state index is 0.0221. The highest BCUT2D eigenvalue weighted by Gasteiger charge is 2.24. The molecule has 0 bridgehead atoms. The van der Waals surface area contributed by atoms with Crippen LogP contribution < -0.4 is 10.1 Å². The number of aromatic nitrogens is 1. The Balaban J connectivity index is 1.74. The summed E-state index contributed by atoms with van der Waals surface area (Å²) in [6.45, 7) is 1.82. The molecule has 1 N–H and O–H groups in total. The molecule has 0 radical (unpaired) electrons. The number of rotatable bonds is 4. The summed E-state index contributed by atoms with van der Waals surface area (Å²) in [4.78, 5) is 18.3. The van der Waals surface area contributed by atoms with Gasteiger partial charge in [0.2, 0.25) is 0 Å². The fraction of sp³-hybridized carbons (Fsp3) is 0.294. The molecule has 0 aliphatic carbocycles. The van der Waals surface area contributed by atoms with E-state index in [4.69, 9.17) is 4.74 Å². The Kier molecular flexibility index (Phi) is 4.34. The van der Waals surface area contributed by atoms with Crippen molar-refractivity contribution in [2.45, 2.75) is 12.5 Å². The predicted molar refractivity (Wildman–Crippen MR) is 84.1 cm³/mol. The molecule has 1 atom stereocenters. The lowest BCUT2D eigenvalue weighted by molar-refractivity contribution is 0.0743. The van der Waals surface area contributed by atoms with Crippen LogP contribution in [0.2, 0.25) is 0 Å². The maximum Gasteiger partial charge on any atom is 0.254 e. The maximum atomic E-state index is 12.6. The maximum absolute atomic E-state index is 12.6. The van der Waals surface area contributed by atoms with E-state index in [1.165, 1.54) is 0 Å². The largest absolute Gasteiger partial charge is 0.457 e. The van der Waals surface area contributed by atoms with Crippen molar-refractivity contribution in [3.8, 4) is 11.5 Å². The number of hydrogen-bond donors (Lipinski definition) is 1. The number of likely N-dealkylation sites (N-methyl/N-ethyl adjacent to an activating group) is 1. The molecule has 5 nitrogen and oxygen atoms in total. The Morgan fingerprint density at radius 3 is 2.82 bits per heavy atom. The van der Waals surface area contributed by atoms with E-state index in [9.17, 15) is 4.79 Å². The molecular formula is C17H19N3O2. The Bertz CT molecular complexity index is 639. The molecule has 1 aromatic carbocycles. The van der Waals surface area contributed by atoms with Gasteiger partial charge in [0.1, 0.15) is 11.5 Å². The zero-order chi connectivity index (χ0) is 15.4. The molecule has 5 heteroatoms. The minimum Gasteiger partial charge on any atom is -0.457 e. The highest BCUT2D eigenvalue weighted by atomic mass is 16.5. The van der Waals surface area contributed by atoms with E-state index in [1.54, 1.807) is 30.6 Å². The average Bonchev–Trinajstić information content (AvgIpc) is 3.09. The van der Waals surface area contributed by atoms with Crippen molar-refractivity contribution in [1.82, 2.24) is 15.2 Å². The van der Waals surface area contributed by atoms with Gasteiger partial charge in [0.25, 0.3) is 5.91 Å². The van der Waals surface area contributed by atoms with Crippen LogP contribution in [0.4, 0.5) is 0 Å². The van der Waals surface area contributed by atoms with Crippen LogP contribution in [0, 0.1) is 0 Å². The van der Waals surface area contributed by atoms with E-state index in [1.807, 2.05) is 30.1 Å². The molecular weight excluding hydrogens is 278 g/mol. The summed E-state index contributed by atoms with van der Waals surface area (Å²) in [5.41, 5.74) is 0.640. The molecule has 3 rings (SSSR count). The number of hydrogen-bond acceptors (Lipinski definition) is 4. The first-order valence-electron chi connectivity index (χ1n) is 7.40. The van der Waals surface area contributed by atoms with Gasteiger partial charge in [-0.15, -0.1) is 0 Å². The van der Waals surface area contributed by atoms with Crippen molar-refractivity contribution in [3.63, 3.8) is 0 Å². The molecule has 2 heterocycles. The van der Waals surface area contributed by atoms with E-state index < -0.39 is 0 Å². The Morgan fingerprint density at radius 1 is 1.27 bits per heavy atom. The topological polar surface area (TPSA) is 54.5 Å². The first kappa shape index (κ1) is 14.5. The zero-order valence-electron chi connectivity index (χ0n) is 12.5. The van der Waals surface area contributed by atoms with Crippen LogP contribution >= 0.6 is 0 Å². The fourth-order valence-electron chi connectivity index (χ4n) is 2.57. The standard InChI is InChI=1S/C17H19N3O2/c1-20(14-5-8-19-12-14)17(21)13-3-2-4-16(11-13)22-15-6-9-18-10-7-15/h2-4,6-7,9-11,14,19H,5,8,12H2,1H3. The highest BCUT2D eigenvalue weighted by Crippen LogP contribution is 2.22. The number of nitrogens with zero attached hydrogens (tertiary/aromatic N) is 2. The van der Waals surface area contributed by atoms with Gasteiger partial charge in [-0.1, -0.05) is 6.07 Å². The number of pyridine rings is 1. The monoisotopic (exact) mass is 297 g/mol. The highest BCUT2D eigenvalue weighted by molar-refractivity contribution is 5.94. The lowest BCUT2D eigenvalue weighted by Crippen LogP contribution is -2.38. The number of ether oxygens (including phenoxy) is 1. The van der Waals surface area contributed by atoms with Gasteiger partial charge in [-0.05, 0) is 43.3 Å². The smallest absolute Gasteiger partial charge is 0.254 e. The first-order valence-corrected chi connectivity index (χ1v) is 7.40. The van der Waals surface area contributed by atoms with Gasteiger partial charge in [-0.25, -0.2) is 0 Å². The van der Waals surface area contributed by atoms with Crippen LogP contribution in [0.1, 0.15) is 16.8 Å². The summed E-state index contributed by atoms with van der Waals surface area (Å²) in [7, 11) is 1.86.